The Morgan fingerprint density at radius 1 is 1.12 bits per heavy atom. The third kappa shape index (κ3) is 5.96. The molecule has 1 fully saturated rings. The summed E-state index contributed by atoms with van der Waals surface area (Å²) >= 11 is 0. The van der Waals surface area contributed by atoms with Gasteiger partial charge in [0.25, 0.3) is 0 Å². The van der Waals surface area contributed by atoms with Gasteiger partial charge in [-0.25, -0.2) is 19.4 Å². The number of carbonyl (C=O) groups excluding carboxylic acids is 1. The lowest BCUT2D eigenvalue weighted by Crippen LogP contribution is -2.42. The Kier molecular flexibility index (Phi) is 8.05. The van der Waals surface area contributed by atoms with E-state index in [4.69, 9.17) is 14.7 Å². The van der Waals surface area contributed by atoms with Gasteiger partial charge in [0.15, 0.2) is 0 Å². The van der Waals surface area contributed by atoms with Crippen molar-refractivity contribution in [2.45, 2.75) is 26.0 Å². The van der Waals surface area contributed by atoms with E-state index in [1.807, 2.05) is 37.3 Å². The number of pyridine rings is 1. The molecule has 0 spiro atoms. The van der Waals surface area contributed by atoms with Crippen molar-refractivity contribution in [3.05, 3.63) is 83.7 Å². The van der Waals surface area contributed by atoms with Crippen LogP contribution < -0.4 is 10.6 Å². The van der Waals surface area contributed by atoms with Crippen molar-refractivity contribution in [3.63, 3.8) is 0 Å². The normalized spacial score (nSPS) is 17.2. The predicted molar refractivity (Wildman–Crippen MR) is 141 cm³/mol. The Morgan fingerprint density at radius 3 is 2.50 bits per heavy atom. The molecule has 11 nitrogen and oxygen atoms in total. The van der Waals surface area contributed by atoms with Crippen molar-refractivity contribution < 1.29 is 23.1 Å². The topological polar surface area (TPSA) is 119 Å². The first kappa shape index (κ1) is 27.2. The lowest BCUT2D eigenvalue weighted by molar-refractivity contribution is -0.154. The second kappa shape index (κ2) is 11.8. The van der Waals surface area contributed by atoms with Crippen molar-refractivity contribution in [2.24, 2.45) is 0 Å². The first-order valence-electron chi connectivity index (χ1n) is 12.6. The number of methoxy groups -OCH3 is 1. The third-order valence-corrected chi connectivity index (χ3v) is 6.41. The molecule has 0 aliphatic carbocycles. The molecule has 0 radical (unpaired) electrons. The maximum absolute atomic E-state index is 13.9. The van der Waals surface area contributed by atoms with Gasteiger partial charge in [-0.2, -0.15) is 23.9 Å². The average Bonchev–Trinajstić information content (AvgIpc) is 3.48. The number of urea groups is 1. The highest BCUT2D eigenvalue weighted by Gasteiger charge is 2.37. The lowest BCUT2D eigenvalue weighted by atomic mass is 10.0. The van der Waals surface area contributed by atoms with Gasteiger partial charge >= 0.3 is 6.03 Å². The molecule has 1 aliphatic rings. The number of hydroxylamine groups is 2. The fourth-order valence-corrected chi connectivity index (χ4v) is 4.49. The van der Waals surface area contributed by atoms with Crippen LogP contribution in [0.4, 0.5) is 19.4 Å². The largest absolute Gasteiger partial charge is 0.383 e. The molecule has 208 valence electrons. The highest BCUT2D eigenvalue weighted by atomic mass is 19.1. The fourth-order valence-electron chi connectivity index (χ4n) is 4.49. The second-order valence-electron chi connectivity index (χ2n) is 9.25. The predicted octanol–water partition coefficient (Wildman–Crippen LogP) is 3.74. The number of para-hydroxylation sites is 1. The number of halogens is 2. The van der Waals surface area contributed by atoms with Crippen LogP contribution in [0.5, 0.6) is 0 Å². The van der Waals surface area contributed by atoms with Gasteiger partial charge in [-0.15, -0.1) is 0 Å². The Bertz CT molecular complexity index is 1460. The van der Waals surface area contributed by atoms with Crippen LogP contribution in [-0.4, -0.2) is 68.7 Å². The molecule has 13 heteroatoms. The maximum atomic E-state index is 13.9. The number of aromatic nitrogens is 5. The molecule has 2 amide bonds. The molecule has 0 unspecified atom stereocenters. The molecule has 4 aromatic rings. The highest BCUT2D eigenvalue weighted by molar-refractivity contribution is 5.91. The van der Waals surface area contributed by atoms with Crippen LogP contribution in [0.15, 0.2) is 54.9 Å². The van der Waals surface area contributed by atoms with E-state index in [9.17, 15) is 13.6 Å². The molecule has 2 atom stereocenters. The number of anilines is 1. The monoisotopic (exact) mass is 550 g/mol. The van der Waals surface area contributed by atoms with E-state index in [-0.39, 0.29) is 12.1 Å². The van der Waals surface area contributed by atoms with Gasteiger partial charge in [0, 0.05) is 43.7 Å². The first-order valence-corrected chi connectivity index (χ1v) is 12.6. The number of benzene rings is 1. The lowest BCUT2D eigenvalue weighted by Gasteiger charge is -2.19. The number of aryl methyl sites for hydroxylation is 1. The molecule has 1 aromatic carbocycles. The zero-order chi connectivity index (χ0) is 28.2. The number of rotatable bonds is 8. The number of ether oxygens (including phenoxy) is 1. The van der Waals surface area contributed by atoms with E-state index in [1.165, 1.54) is 0 Å². The molecular weight excluding hydrogens is 522 g/mol. The van der Waals surface area contributed by atoms with Crippen molar-refractivity contribution >= 4 is 11.8 Å². The van der Waals surface area contributed by atoms with Crippen LogP contribution in [-0.2, 0) is 9.57 Å². The molecular formula is C27H28F2N8O3. The van der Waals surface area contributed by atoms with Crippen LogP contribution in [0.2, 0.25) is 0 Å². The van der Waals surface area contributed by atoms with Gasteiger partial charge in [0.2, 0.25) is 11.9 Å². The van der Waals surface area contributed by atoms with Gasteiger partial charge < -0.3 is 10.1 Å². The van der Waals surface area contributed by atoms with Crippen LogP contribution in [0.3, 0.4) is 0 Å². The molecule has 0 bridgehead atoms. The minimum Gasteiger partial charge on any atom is -0.383 e. The molecule has 1 aliphatic heterocycles. The average molecular weight is 551 g/mol. The maximum Gasteiger partial charge on any atom is 0.320 e. The smallest absolute Gasteiger partial charge is 0.320 e. The molecule has 2 N–H and O–H groups in total. The number of carbonyl (C=O) groups is 1. The Hall–Kier alpha value is -4.33. The van der Waals surface area contributed by atoms with Crippen molar-refractivity contribution in [3.8, 4) is 16.9 Å². The number of nitrogens with zero attached hydrogens (tertiary/aromatic N) is 6. The van der Waals surface area contributed by atoms with Crippen molar-refractivity contribution in [2.75, 3.05) is 32.1 Å². The SMILES string of the molecule is COCCN1C[C@@H](NC(=O)Nc2c(C)c(-c3cnc(C)nc3)nn2-c2ccccc2)[C@H](c2cc(F)nc(F)c2)O1. The van der Waals surface area contributed by atoms with Crippen LogP contribution >= 0.6 is 0 Å². The minimum absolute atomic E-state index is 0.211. The summed E-state index contributed by atoms with van der Waals surface area (Å²) in [5.74, 6) is -0.894. The standard InChI is InChI=1S/C27H28F2N8O3/c1-16-24(19-13-30-17(2)31-14-19)35-37(20-7-5-4-6-8-20)26(16)34-27(38)32-21-15-36(9-10-39-3)40-25(21)18-11-22(28)33-23(29)12-18/h4-8,11-14,21,25H,9-10,15H2,1-3H3,(H2,32,34,38)/t21-,25+/m1/s1. The summed E-state index contributed by atoms with van der Waals surface area (Å²) in [5, 5.41) is 12.1. The van der Waals surface area contributed by atoms with Crippen LogP contribution in [0.1, 0.15) is 23.1 Å². The molecule has 5 rings (SSSR count). The second-order valence-corrected chi connectivity index (χ2v) is 9.25. The van der Waals surface area contributed by atoms with Crippen molar-refractivity contribution in [1.29, 1.82) is 0 Å². The van der Waals surface area contributed by atoms with E-state index >= 15 is 0 Å². The summed E-state index contributed by atoms with van der Waals surface area (Å²) in [6.45, 7) is 4.65. The number of amides is 2. The van der Waals surface area contributed by atoms with E-state index in [0.29, 0.717) is 41.6 Å². The fraction of sp³-hybridized carbons (Fsp3) is 0.296. The summed E-state index contributed by atoms with van der Waals surface area (Å²) in [7, 11) is 1.56. The molecule has 4 heterocycles. The summed E-state index contributed by atoms with van der Waals surface area (Å²) in [4.78, 5) is 31.0. The van der Waals surface area contributed by atoms with E-state index < -0.39 is 30.1 Å². The van der Waals surface area contributed by atoms with Crippen LogP contribution in [0, 0.1) is 25.7 Å². The Morgan fingerprint density at radius 2 is 1.82 bits per heavy atom. The van der Waals surface area contributed by atoms with Crippen LogP contribution in [0.25, 0.3) is 16.9 Å². The minimum atomic E-state index is -0.979. The van der Waals surface area contributed by atoms with Gasteiger partial charge in [-0.05, 0) is 43.7 Å². The number of hydrogen-bond donors (Lipinski definition) is 2. The Balaban J connectivity index is 1.43. The number of nitrogens with one attached hydrogen (secondary N) is 2. The van der Waals surface area contributed by atoms with E-state index in [0.717, 1.165) is 17.8 Å². The van der Waals surface area contributed by atoms with Gasteiger partial charge in [0.05, 0.1) is 18.3 Å². The van der Waals surface area contributed by atoms with Gasteiger partial charge in [-0.1, -0.05) is 18.2 Å². The molecule has 40 heavy (non-hydrogen) atoms. The zero-order valence-corrected chi connectivity index (χ0v) is 22.1. The quantitative estimate of drug-likeness (QED) is 0.319. The number of hydrogen-bond acceptors (Lipinski definition) is 8. The third-order valence-electron chi connectivity index (χ3n) is 6.41. The van der Waals surface area contributed by atoms with E-state index in [1.54, 1.807) is 36.2 Å². The van der Waals surface area contributed by atoms with Crippen molar-refractivity contribution in [1.82, 2.24) is 35.1 Å². The molecule has 3 aromatic heterocycles. The molecule has 1 saturated heterocycles. The summed E-state index contributed by atoms with van der Waals surface area (Å²) in [6, 6.07) is 10.3. The Labute approximate surface area is 229 Å². The summed E-state index contributed by atoms with van der Waals surface area (Å²) < 4.78 is 34.6. The highest BCUT2D eigenvalue weighted by Crippen LogP contribution is 2.32. The van der Waals surface area contributed by atoms with E-state index in [2.05, 4.69) is 25.6 Å². The van der Waals surface area contributed by atoms with Gasteiger partial charge in [0.1, 0.15) is 23.4 Å². The summed E-state index contributed by atoms with van der Waals surface area (Å²) in [6.07, 6.45) is 2.51. The first-order chi connectivity index (χ1) is 19.3. The zero-order valence-electron chi connectivity index (χ0n) is 22.1. The summed E-state index contributed by atoms with van der Waals surface area (Å²) in [5.41, 5.74) is 2.94. The van der Waals surface area contributed by atoms with Gasteiger partial charge in [-0.3, -0.25) is 10.2 Å². The molecule has 0 saturated carbocycles.